The summed E-state index contributed by atoms with van der Waals surface area (Å²) in [7, 11) is 3.42. The van der Waals surface area contributed by atoms with Gasteiger partial charge in [-0.25, -0.2) is 4.79 Å². The number of aromatic hydroxyl groups is 1. The van der Waals surface area contributed by atoms with Gasteiger partial charge in [0.05, 0.1) is 23.7 Å². The number of aliphatic hydroxyl groups is 1. The Labute approximate surface area is 190 Å². The Morgan fingerprint density at radius 1 is 1.21 bits per heavy atom. The molecule has 2 aliphatic carbocycles. The fraction of sp³-hybridized carbons (Fsp3) is 0.440. The summed E-state index contributed by atoms with van der Waals surface area (Å²) < 4.78 is 17.1. The van der Waals surface area contributed by atoms with E-state index in [-0.39, 0.29) is 41.1 Å². The number of Topliss-reactive ketones (excluding diaryl/α,β-unsaturated/α-hetero) is 1. The van der Waals surface area contributed by atoms with Crippen LogP contribution in [0.25, 0.3) is 0 Å². The summed E-state index contributed by atoms with van der Waals surface area (Å²) in [5.41, 5.74) is 0.140. The number of piperidine rings is 1. The van der Waals surface area contributed by atoms with Crippen molar-refractivity contribution in [3.63, 3.8) is 0 Å². The molecule has 33 heavy (non-hydrogen) atoms. The SMILES string of the molecule is COc1cc(C(=O)Oc2ccc3c4c2OC2C(=O)CC[C@@]5(O)C(C3)N(C)CCC425)ccc1O. The minimum Gasteiger partial charge on any atom is -0.504 e. The summed E-state index contributed by atoms with van der Waals surface area (Å²) in [6.07, 6.45) is 1.12. The maximum Gasteiger partial charge on any atom is 0.343 e. The smallest absolute Gasteiger partial charge is 0.343 e. The van der Waals surface area contributed by atoms with Crippen molar-refractivity contribution in [3.05, 3.63) is 47.0 Å². The number of ether oxygens (including phenoxy) is 3. The summed E-state index contributed by atoms with van der Waals surface area (Å²) in [5, 5.41) is 21.8. The lowest BCUT2D eigenvalue weighted by Gasteiger charge is -2.62. The normalized spacial score (nSPS) is 31.5. The molecule has 4 aliphatic rings. The highest BCUT2D eigenvalue weighted by atomic mass is 16.6. The van der Waals surface area contributed by atoms with Gasteiger partial charge in [-0.3, -0.25) is 4.79 Å². The number of phenolic OH excluding ortho intramolecular Hbond substituents is 1. The number of carbonyl (C=O) groups is 2. The third kappa shape index (κ3) is 2.48. The van der Waals surface area contributed by atoms with Gasteiger partial charge in [0.25, 0.3) is 0 Å². The topological polar surface area (TPSA) is 106 Å². The predicted molar refractivity (Wildman–Crippen MR) is 116 cm³/mol. The highest BCUT2D eigenvalue weighted by Gasteiger charge is 2.72. The largest absolute Gasteiger partial charge is 0.504 e. The molecule has 1 saturated carbocycles. The Bertz CT molecular complexity index is 1210. The van der Waals surface area contributed by atoms with E-state index >= 15 is 0 Å². The van der Waals surface area contributed by atoms with Crippen LogP contribution >= 0.6 is 0 Å². The van der Waals surface area contributed by atoms with E-state index in [1.54, 1.807) is 6.07 Å². The van der Waals surface area contributed by atoms with Crippen LogP contribution in [0.1, 0.15) is 40.7 Å². The molecule has 4 atom stereocenters. The molecular formula is C25H25NO7. The summed E-state index contributed by atoms with van der Waals surface area (Å²) in [4.78, 5) is 28.1. The number of rotatable bonds is 3. The molecule has 2 aromatic carbocycles. The van der Waals surface area contributed by atoms with E-state index in [0.29, 0.717) is 25.0 Å². The van der Waals surface area contributed by atoms with Gasteiger partial charge in [0.15, 0.2) is 34.9 Å². The summed E-state index contributed by atoms with van der Waals surface area (Å²) in [6.45, 7) is 0.746. The Kier molecular flexibility index (Phi) is 4.17. The zero-order valence-electron chi connectivity index (χ0n) is 18.5. The van der Waals surface area contributed by atoms with Crippen LogP contribution in [0.15, 0.2) is 30.3 Å². The van der Waals surface area contributed by atoms with E-state index in [1.807, 2.05) is 13.1 Å². The van der Waals surface area contributed by atoms with Gasteiger partial charge >= 0.3 is 5.97 Å². The number of ketones is 1. The molecule has 8 heteroatoms. The molecule has 2 bridgehead atoms. The average Bonchev–Trinajstić information content (AvgIpc) is 3.16. The monoisotopic (exact) mass is 451 g/mol. The lowest BCUT2D eigenvalue weighted by atomic mass is 9.49. The first-order valence-corrected chi connectivity index (χ1v) is 11.2. The molecule has 2 fully saturated rings. The molecule has 2 heterocycles. The summed E-state index contributed by atoms with van der Waals surface area (Å²) >= 11 is 0. The molecule has 1 saturated heterocycles. The van der Waals surface area contributed by atoms with E-state index < -0.39 is 23.1 Å². The van der Waals surface area contributed by atoms with Crippen LogP contribution in [0, 0.1) is 0 Å². The molecule has 2 N–H and O–H groups in total. The zero-order chi connectivity index (χ0) is 23.1. The summed E-state index contributed by atoms with van der Waals surface area (Å²) in [5.74, 6) is 0.0262. The highest BCUT2D eigenvalue weighted by molar-refractivity contribution is 5.93. The lowest BCUT2D eigenvalue weighted by Crippen LogP contribution is -2.76. The van der Waals surface area contributed by atoms with E-state index in [2.05, 4.69) is 4.90 Å². The minimum atomic E-state index is -1.08. The zero-order valence-corrected chi connectivity index (χ0v) is 18.5. The van der Waals surface area contributed by atoms with Crippen molar-refractivity contribution in [3.8, 4) is 23.0 Å². The summed E-state index contributed by atoms with van der Waals surface area (Å²) in [6, 6.07) is 7.73. The first-order valence-electron chi connectivity index (χ1n) is 11.2. The third-order valence-corrected chi connectivity index (χ3v) is 8.13. The van der Waals surface area contributed by atoms with Crippen LogP contribution < -0.4 is 14.2 Å². The van der Waals surface area contributed by atoms with Crippen molar-refractivity contribution in [2.75, 3.05) is 20.7 Å². The fourth-order valence-corrected chi connectivity index (χ4v) is 6.57. The van der Waals surface area contributed by atoms with Gasteiger partial charge in [0.2, 0.25) is 0 Å². The van der Waals surface area contributed by atoms with Crippen LogP contribution in [0.4, 0.5) is 0 Å². The molecule has 8 nitrogen and oxygen atoms in total. The molecule has 1 spiro atoms. The molecule has 0 radical (unpaired) electrons. The van der Waals surface area contributed by atoms with Crippen molar-refractivity contribution in [2.24, 2.45) is 0 Å². The molecule has 2 aromatic rings. The molecular weight excluding hydrogens is 426 g/mol. The first-order chi connectivity index (χ1) is 15.8. The van der Waals surface area contributed by atoms with Crippen molar-refractivity contribution < 1.29 is 34.0 Å². The Morgan fingerprint density at radius 3 is 2.82 bits per heavy atom. The van der Waals surface area contributed by atoms with Crippen LogP contribution in [-0.4, -0.2) is 65.3 Å². The maximum absolute atomic E-state index is 13.0. The van der Waals surface area contributed by atoms with E-state index in [1.165, 1.54) is 25.3 Å². The van der Waals surface area contributed by atoms with Gasteiger partial charge in [0, 0.05) is 18.0 Å². The standard InChI is InChI=1S/C25H25NO7/c1-26-10-9-24-20-13-4-6-17(32-23(29)14-3-5-15(27)18(11-14)31-2)21(20)33-22(24)16(28)7-8-25(24,30)19(26)12-13/h3-6,11,19,22,27,30H,7-10,12H2,1-2H3/t19?,22?,24?,25-/m1/s1. The van der Waals surface area contributed by atoms with E-state index in [9.17, 15) is 19.8 Å². The average molecular weight is 451 g/mol. The number of phenols is 1. The van der Waals surface area contributed by atoms with Crippen LogP contribution in [0.2, 0.25) is 0 Å². The number of likely N-dealkylation sites (N-methyl/N-ethyl adjacent to an activating group) is 1. The second-order valence-electron chi connectivity index (χ2n) is 9.51. The second-order valence-corrected chi connectivity index (χ2v) is 9.51. The van der Waals surface area contributed by atoms with Gasteiger partial charge in [-0.2, -0.15) is 0 Å². The number of hydrogen-bond acceptors (Lipinski definition) is 8. The van der Waals surface area contributed by atoms with Gasteiger partial charge < -0.3 is 29.3 Å². The second kappa shape index (κ2) is 6.71. The lowest BCUT2D eigenvalue weighted by molar-refractivity contribution is -0.185. The van der Waals surface area contributed by atoms with E-state index in [4.69, 9.17) is 14.2 Å². The Hall–Kier alpha value is -3.10. The number of carbonyl (C=O) groups excluding carboxylic acids is 2. The van der Waals surface area contributed by atoms with Gasteiger partial charge in [-0.05, 0) is 62.7 Å². The number of likely N-dealkylation sites (tertiary alicyclic amines) is 1. The van der Waals surface area contributed by atoms with Crippen molar-refractivity contribution in [2.45, 2.75) is 48.8 Å². The van der Waals surface area contributed by atoms with Crippen LogP contribution in [0.5, 0.6) is 23.0 Å². The highest BCUT2D eigenvalue weighted by Crippen LogP contribution is 2.64. The molecule has 3 unspecified atom stereocenters. The molecule has 0 amide bonds. The molecule has 6 rings (SSSR count). The molecule has 2 aliphatic heterocycles. The Balaban J connectivity index is 1.45. The minimum absolute atomic E-state index is 0.0208. The first kappa shape index (κ1) is 20.5. The quantitative estimate of drug-likeness (QED) is 0.539. The molecule has 172 valence electrons. The number of hydrogen-bond donors (Lipinski definition) is 2. The number of benzene rings is 2. The van der Waals surface area contributed by atoms with E-state index in [0.717, 1.165) is 17.7 Å². The fourth-order valence-electron chi connectivity index (χ4n) is 6.57. The van der Waals surface area contributed by atoms with Crippen molar-refractivity contribution in [1.29, 1.82) is 0 Å². The van der Waals surface area contributed by atoms with Crippen molar-refractivity contribution >= 4 is 11.8 Å². The van der Waals surface area contributed by atoms with Crippen molar-refractivity contribution in [1.82, 2.24) is 4.90 Å². The number of methoxy groups -OCH3 is 1. The van der Waals surface area contributed by atoms with Crippen LogP contribution in [-0.2, 0) is 16.6 Å². The van der Waals surface area contributed by atoms with Gasteiger partial charge in [-0.1, -0.05) is 6.07 Å². The Morgan fingerprint density at radius 2 is 2.03 bits per heavy atom. The predicted octanol–water partition coefficient (Wildman–Crippen LogP) is 1.97. The molecule has 0 aromatic heterocycles. The van der Waals surface area contributed by atoms with Crippen LogP contribution in [0.3, 0.4) is 0 Å². The van der Waals surface area contributed by atoms with Gasteiger partial charge in [0.1, 0.15) is 0 Å². The van der Waals surface area contributed by atoms with Gasteiger partial charge in [-0.15, -0.1) is 0 Å². The maximum atomic E-state index is 13.0. The number of esters is 1. The third-order valence-electron chi connectivity index (χ3n) is 8.13. The number of nitrogens with zero attached hydrogens (tertiary/aromatic N) is 1.